The summed E-state index contributed by atoms with van der Waals surface area (Å²) in [5.41, 5.74) is -0.460. The van der Waals surface area contributed by atoms with Crippen molar-refractivity contribution in [3.8, 4) is 0 Å². The number of rotatable bonds is 8. The third kappa shape index (κ3) is 3.88. The average molecular weight is 467 g/mol. The molecule has 1 atom stereocenters. The summed E-state index contributed by atoms with van der Waals surface area (Å²) >= 11 is 0. The van der Waals surface area contributed by atoms with Crippen molar-refractivity contribution in [2.24, 2.45) is 0 Å². The molecule has 0 unspecified atom stereocenters. The number of benzene rings is 3. The monoisotopic (exact) mass is 466 g/mol. The van der Waals surface area contributed by atoms with Gasteiger partial charge in [0.2, 0.25) is 19.7 Å². The maximum Gasteiger partial charge on any atom is 0.324 e. The second kappa shape index (κ2) is 8.86. The van der Waals surface area contributed by atoms with Gasteiger partial charge in [-0.2, -0.15) is 0 Å². The van der Waals surface area contributed by atoms with Crippen molar-refractivity contribution in [2.75, 3.05) is 6.61 Å². The zero-order valence-electron chi connectivity index (χ0n) is 16.2. The summed E-state index contributed by atoms with van der Waals surface area (Å²) < 4.78 is 81.7. The van der Waals surface area contributed by atoms with Gasteiger partial charge in [0.25, 0.3) is 0 Å². The lowest BCUT2D eigenvalue weighted by Crippen LogP contribution is -2.48. The lowest BCUT2D eigenvalue weighted by Gasteiger charge is -2.33. The first-order valence-electron chi connectivity index (χ1n) is 9.31. The third-order valence-electron chi connectivity index (χ3n) is 4.95. The van der Waals surface area contributed by atoms with Gasteiger partial charge in [-0.05, 0) is 42.3 Å². The van der Waals surface area contributed by atoms with Crippen molar-refractivity contribution < 1.29 is 30.7 Å². The van der Waals surface area contributed by atoms with Crippen LogP contribution in [0, 0.1) is 5.82 Å². The summed E-state index contributed by atoms with van der Waals surface area (Å²) in [6.45, 7) is -0.765. The molecule has 0 heterocycles. The zero-order chi connectivity index (χ0) is 22.7. The van der Waals surface area contributed by atoms with E-state index in [2.05, 4.69) is 0 Å². The van der Waals surface area contributed by atoms with Crippen LogP contribution in [0.15, 0.2) is 94.7 Å². The second-order valence-electron chi connectivity index (χ2n) is 6.80. The Hall–Kier alpha value is -2.62. The highest BCUT2D eigenvalue weighted by molar-refractivity contribution is 8.10. The van der Waals surface area contributed by atoms with Crippen LogP contribution < -0.4 is 0 Å². The van der Waals surface area contributed by atoms with Crippen molar-refractivity contribution in [2.45, 2.75) is 26.5 Å². The summed E-state index contributed by atoms with van der Waals surface area (Å²) in [6.07, 6.45) is -0.643. The zero-order valence-corrected chi connectivity index (χ0v) is 17.9. The van der Waals surface area contributed by atoms with Crippen molar-refractivity contribution in [3.05, 3.63) is 96.3 Å². The van der Waals surface area contributed by atoms with E-state index in [4.69, 9.17) is 0 Å². The second-order valence-corrected chi connectivity index (χ2v) is 11.2. The number of aliphatic hydroxyl groups excluding tert-OH is 1. The minimum Gasteiger partial charge on any atom is -0.396 e. The van der Waals surface area contributed by atoms with E-state index in [0.717, 1.165) is 36.4 Å². The highest BCUT2D eigenvalue weighted by Crippen LogP contribution is 2.48. The minimum absolute atomic E-state index is 0.460. The number of hydrogen-bond donors (Lipinski definition) is 1. The van der Waals surface area contributed by atoms with E-state index in [0.29, 0.717) is 0 Å². The smallest absolute Gasteiger partial charge is 0.324 e. The minimum atomic E-state index is -5.23. The van der Waals surface area contributed by atoms with Crippen LogP contribution in [0.4, 0.5) is 8.78 Å². The highest BCUT2D eigenvalue weighted by atomic mass is 32.3. The van der Waals surface area contributed by atoms with E-state index < -0.39 is 64.1 Å². The lowest BCUT2D eigenvalue weighted by atomic mass is 9.96. The maximum absolute atomic E-state index is 17.0. The molecule has 3 aromatic rings. The van der Waals surface area contributed by atoms with Crippen LogP contribution in [0.3, 0.4) is 0 Å². The van der Waals surface area contributed by atoms with Gasteiger partial charge in [0.15, 0.2) is 0 Å². The molecular formula is C22H20F2O5S2. The first-order valence-corrected chi connectivity index (χ1v) is 12.3. The van der Waals surface area contributed by atoms with Crippen LogP contribution in [0.1, 0.15) is 17.9 Å². The van der Waals surface area contributed by atoms with E-state index in [9.17, 15) is 26.3 Å². The average Bonchev–Trinajstić information content (AvgIpc) is 2.78. The molecule has 0 fully saturated rings. The number of aliphatic hydroxyl groups is 1. The molecule has 0 saturated carbocycles. The highest BCUT2D eigenvalue weighted by Gasteiger charge is 2.63. The molecule has 0 spiro atoms. The van der Waals surface area contributed by atoms with Crippen molar-refractivity contribution in [1.29, 1.82) is 0 Å². The van der Waals surface area contributed by atoms with E-state index >= 15 is 4.39 Å². The standard InChI is InChI=1S/C22H20F2O5S2/c23-21-14-8-7-13-19(21)20(15-16-25)22(24,30(26,27)17-9-3-1-4-10-17)31(28,29)18-11-5-2-6-12-18/h1-14,20,25H,15-16H2/t20-/m0/s1. The first-order chi connectivity index (χ1) is 14.7. The SMILES string of the molecule is O=S(=O)(c1ccccc1)C(F)([C@@H](CCO)c1ccccc1F)S(=O)(=O)c1ccccc1. The van der Waals surface area contributed by atoms with Gasteiger partial charge in [0.05, 0.1) is 15.7 Å². The summed E-state index contributed by atoms with van der Waals surface area (Å²) in [5.74, 6) is -3.01. The normalized spacial score (nSPS) is 13.6. The molecule has 3 aromatic carbocycles. The van der Waals surface area contributed by atoms with Gasteiger partial charge in [0.1, 0.15) is 5.82 Å². The molecular weight excluding hydrogens is 446 g/mol. The summed E-state index contributed by atoms with van der Waals surface area (Å²) in [5, 5.41) is 9.55. The molecule has 5 nitrogen and oxygen atoms in total. The summed E-state index contributed by atoms with van der Waals surface area (Å²) in [4.78, 5) is -1.15. The Morgan fingerprint density at radius 3 is 1.58 bits per heavy atom. The van der Waals surface area contributed by atoms with Crippen LogP contribution in [-0.2, 0) is 19.7 Å². The molecule has 9 heteroatoms. The van der Waals surface area contributed by atoms with Gasteiger partial charge < -0.3 is 5.11 Å². The molecule has 31 heavy (non-hydrogen) atoms. The molecule has 0 aliphatic carbocycles. The fourth-order valence-corrected chi connectivity index (χ4v) is 8.09. The predicted octanol–water partition coefficient (Wildman–Crippen LogP) is 3.86. The van der Waals surface area contributed by atoms with Gasteiger partial charge in [-0.1, -0.05) is 54.6 Å². The van der Waals surface area contributed by atoms with Crippen LogP contribution in [0.25, 0.3) is 0 Å². The van der Waals surface area contributed by atoms with Crippen molar-refractivity contribution in [3.63, 3.8) is 0 Å². The first kappa shape index (κ1) is 23.1. The third-order valence-corrected chi connectivity index (χ3v) is 10.1. The van der Waals surface area contributed by atoms with Crippen LogP contribution >= 0.6 is 0 Å². The largest absolute Gasteiger partial charge is 0.396 e. The van der Waals surface area contributed by atoms with Crippen LogP contribution in [0.5, 0.6) is 0 Å². The molecule has 0 saturated heterocycles. The molecule has 0 aliphatic heterocycles. The molecule has 1 N–H and O–H groups in total. The molecule has 0 aromatic heterocycles. The summed E-state index contributed by atoms with van der Waals surface area (Å²) in [6, 6.07) is 17.3. The lowest BCUT2D eigenvalue weighted by molar-refractivity contribution is 0.230. The number of sulfone groups is 2. The van der Waals surface area contributed by atoms with Crippen molar-refractivity contribution >= 4 is 19.7 Å². The maximum atomic E-state index is 17.0. The Bertz CT molecular complexity index is 1180. The Labute approximate surface area is 179 Å². The van der Waals surface area contributed by atoms with Gasteiger partial charge in [-0.15, -0.1) is 0 Å². The predicted molar refractivity (Wildman–Crippen MR) is 112 cm³/mol. The quantitative estimate of drug-likeness (QED) is 0.545. The number of hydrogen-bond acceptors (Lipinski definition) is 5. The van der Waals surface area contributed by atoms with Gasteiger partial charge in [-0.25, -0.2) is 25.6 Å². The van der Waals surface area contributed by atoms with Gasteiger partial charge in [-0.3, -0.25) is 0 Å². The number of alkyl halides is 1. The Balaban J connectivity index is 2.40. The Kier molecular flexibility index (Phi) is 6.59. The Morgan fingerprint density at radius 1 is 0.742 bits per heavy atom. The van der Waals surface area contributed by atoms with E-state index in [1.54, 1.807) is 0 Å². The number of halogens is 2. The Morgan fingerprint density at radius 2 is 1.16 bits per heavy atom. The van der Waals surface area contributed by atoms with E-state index in [1.165, 1.54) is 48.5 Å². The molecule has 164 valence electrons. The fourth-order valence-electron chi connectivity index (χ4n) is 3.44. The van der Waals surface area contributed by atoms with Gasteiger partial charge in [0, 0.05) is 6.61 Å². The fraction of sp³-hybridized carbons (Fsp3) is 0.182. The van der Waals surface area contributed by atoms with E-state index in [1.807, 2.05) is 0 Å². The summed E-state index contributed by atoms with van der Waals surface area (Å²) in [7, 11) is -10.5. The van der Waals surface area contributed by atoms with Crippen LogP contribution in [-0.4, -0.2) is 32.9 Å². The molecule has 0 bridgehead atoms. The van der Waals surface area contributed by atoms with Crippen LogP contribution in [0.2, 0.25) is 0 Å². The van der Waals surface area contributed by atoms with Crippen molar-refractivity contribution in [1.82, 2.24) is 0 Å². The molecule has 0 amide bonds. The van der Waals surface area contributed by atoms with Gasteiger partial charge >= 0.3 is 4.33 Å². The molecule has 0 aliphatic rings. The topological polar surface area (TPSA) is 88.5 Å². The van der Waals surface area contributed by atoms with E-state index in [-0.39, 0.29) is 0 Å². The molecule has 0 radical (unpaired) electrons. The molecule has 3 rings (SSSR count).